The molecule has 0 aliphatic heterocycles. The van der Waals surface area contributed by atoms with E-state index in [0.29, 0.717) is 16.5 Å². The van der Waals surface area contributed by atoms with Crippen LogP contribution in [0.25, 0.3) is 0 Å². The first-order valence-electron chi connectivity index (χ1n) is 4.20. The summed E-state index contributed by atoms with van der Waals surface area (Å²) in [6.07, 6.45) is 0. The maximum Gasteiger partial charge on any atom is 0.173 e. The topological polar surface area (TPSA) is 40.9 Å². The summed E-state index contributed by atoms with van der Waals surface area (Å²) in [4.78, 5) is 11.5. The van der Waals surface area contributed by atoms with Crippen LogP contribution in [0, 0.1) is 25.2 Å². The largest absolute Gasteiger partial charge is 0.293 e. The van der Waals surface area contributed by atoms with E-state index in [1.807, 2.05) is 19.9 Å². The number of hydrogen-bond acceptors (Lipinski definition) is 2. The van der Waals surface area contributed by atoms with Crippen molar-refractivity contribution in [2.75, 3.05) is 5.33 Å². The predicted octanol–water partition coefficient (Wildman–Crippen LogP) is 2.75. The van der Waals surface area contributed by atoms with Crippen molar-refractivity contribution in [3.8, 4) is 6.07 Å². The van der Waals surface area contributed by atoms with E-state index in [-0.39, 0.29) is 5.78 Å². The smallest absolute Gasteiger partial charge is 0.173 e. The minimum Gasteiger partial charge on any atom is -0.293 e. The van der Waals surface area contributed by atoms with Crippen molar-refractivity contribution >= 4 is 21.7 Å². The molecule has 0 aliphatic carbocycles. The summed E-state index contributed by atoms with van der Waals surface area (Å²) in [5, 5.41) is 9.11. The summed E-state index contributed by atoms with van der Waals surface area (Å²) in [5.41, 5.74) is 3.03. The zero-order valence-corrected chi connectivity index (χ0v) is 9.68. The molecule has 0 saturated carbocycles. The van der Waals surface area contributed by atoms with E-state index in [1.54, 1.807) is 6.07 Å². The molecule has 1 rings (SSSR count). The molecule has 72 valence electrons. The second-order valence-corrected chi connectivity index (χ2v) is 3.71. The Bertz CT molecular complexity index is 418. The molecule has 0 heterocycles. The Balaban J connectivity index is 3.33. The minimum absolute atomic E-state index is 0.0130. The van der Waals surface area contributed by atoms with Crippen LogP contribution in [0.4, 0.5) is 0 Å². The Morgan fingerprint density at radius 2 is 2.07 bits per heavy atom. The van der Waals surface area contributed by atoms with Crippen LogP contribution in [0.15, 0.2) is 12.1 Å². The maximum absolute atomic E-state index is 11.5. The van der Waals surface area contributed by atoms with Crippen LogP contribution >= 0.6 is 15.9 Å². The highest BCUT2D eigenvalue weighted by Gasteiger charge is 2.10. The molecule has 0 spiro atoms. The lowest BCUT2D eigenvalue weighted by atomic mass is 9.98. The molecule has 0 aliphatic rings. The molecule has 1 aromatic rings. The number of halogens is 1. The zero-order valence-electron chi connectivity index (χ0n) is 8.10. The van der Waals surface area contributed by atoms with Gasteiger partial charge in [0.2, 0.25) is 0 Å². The highest BCUT2D eigenvalue weighted by atomic mass is 79.9. The van der Waals surface area contributed by atoms with Gasteiger partial charge in [0, 0.05) is 5.56 Å². The molecule has 0 aromatic heterocycles. The van der Waals surface area contributed by atoms with Gasteiger partial charge in [-0.2, -0.15) is 5.26 Å². The minimum atomic E-state index is 0.0130. The molecule has 1 aromatic carbocycles. The van der Waals surface area contributed by atoms with Crippen molar-refractivity contribution in [1.82, 2.24) is 0 Å². The maximum atomic E-state index is 11.5. The van der Waals surface area contributed by atoms with Crippen molar-refractivity contribution in [3.05, 3.63) is 34.4 Å². The molecule has 0 atom stereocenters. The van der Waals surface area contributed by atoms with Crippen LogP contribution < -0.4 is 0 Å². The fourth-order valence-electron chi connectivity index (χ4n) is 1.35. The van der Waals surface area contributed by atoms with Gasteiger partial charge < -0.3 is 0 Å². The summed E-state index contributed by atoms with van der Waals surface area (Å²) in [6, 6.07) is 5.60. The lowest BCUT2D eigenvalue weighted by Gasteiger charge is -2.05. The first kappa shape index (κ1) is 10.9. The molecule has 0 radical (unpaired) electrons. The first-order chi connectivity index (χ1) is 6.60. The molecule has 0 unspecified atom stereocenters. The molecule has 14 heavy (non-hydrogen) atoms. The number of hydrogen-bond donors (Lipinski definition) is 0. The van der Waals surface area contributed by atoms with Crippen LogP contribution in [-0.2, 0) is 0 Å². The summed E-state index contributed by atoms with van der Waals surface area (Å²) in [5.74, 6) is 0.0130. The quantitative estimate of drug-likeness (QED) is 0.599. The highest BCUT2D eigenvalue weighted by Crippen LogP contribution is 2.16. The Hall–Kier alpha value is -1.14. The van der Waals surface area contributed by atoms with Crippen LogP contribution in [-0.4, -0.2) is 11.1 Å². The molecular formula is C11H10BrNO. The molecule has 0 amide bonds. The van der Waals surface area contributed by atoms with Gasteiger partial charge >= 0.3 is 0 Å². The number of alkyl halides is 1. The number of carbonyl (C=O) groups is 1. The third-order valence-corrected chi connectivity index (χ3v) is 2.62. The van der Waals surface area contributed by atoms with Gasteiger partial charge in [0.15, 0.2) is 5.78 Å². The number of benzene rings is 1. The molecule has 0 bridgehead atoms. The van der Waals surface area contributed by atoms with E-state index in [9.17, 15) is 4.79 Å². The summed E-state index contributed by atoms with van der Waals surface area (Å²) in [6.45, 7) is 3.75. The van der Waals surface area contributed by atoms with Gasteiger partial charge in [0.1, 0.15) is 0 Å². The van der Waals surface area contributed by atoms with Crippen molar-refractivity contribution in [3.63, 3.8) is 0 Å². The molecular weight excluding hydrogens is 242 g/mol. The summed E-state index contributed by atoms with van der Waals surface area (Å²) >= 11 is 3.12. The molecule has 3 heteroatoms. The fourth-order valence-corrected chi connectivity index (χ4v) is 1.65. The van der Waals surface area contributed by atoms with Gasteiger partial charge in [0.25, 0.3) is 0 Å². The predicted molar refractivity (Wildman–Crippen MR) is 58.8 cm³/mol. The normalized spacial score (nSPS) is 9.57. The molecule has 2 nitrogen and oxygen atoms in total. The average molecular weight is 252 g/mol. The van der Waals surface area contributed by atoms with E-state index in [0.717, 1.165) is 11.1 Å². The third kappa shape index (κ3) is 2.02. The van der Waals surface area contributed by atoms with E-state index >= 15 is 0 Å². The summed E-state index contributed by atoms with van der Waals surface area (Å²) in [7, 11) is 0. The van der Waals surface area contributed by atoms with E-state index in [2.05, 4.69) is 22.0 Å². The van der Waals surface area contributed by atoms with E-state index in [4.69, 9.17) is 5.26 Å². The van der Waals surface area contributed by atoms with Crippen LogP contribution in [0.2, 0.25) is 0 Å². The monoisotopic (exact) mass is 251 g/mol. The van der Waals surface area contributed by atoms with Crippen LogP contribution in [0.3, 0.4) is 0 Å². The van der Waals surface area contributed by atoms with Gasteiger partial charge in [-0.05, 0) is 31.0 Å². The number of ketones is 1. The first-order valence-corrected chi connectivity index (χ1v) is 5.32. The third-order valence-electron chi connectivity index (χ3n) is 2.11. The number of rotatable bonds is 2. The second kappa shape index (κ2) is 4.39. The molecule has 0 fully saturated rings. The Labute approximate surface area is 91.7 Å². The summed E-state index contributed by atoms with van der Waals surface area (Å²) < 4.78 is 0. The lowest BCUT2D eigenvalue weighted by molar-refractivity contribution is 0.102. The standard InChI is InChI=1S/C11H10BrNO/c1-7-3-8(2)10(11(14)5-12)4-9(7)6-13/h3-4H,5H2,1-2H3. The van der Waals surface area contributed by atoms with Crippen molar-refractivity contribution < 1.29 is 4.79 Å². The molecule has 0 saturated heterocycles. The van der Waals surface area contributed by atoms with E-state index < -0.39 is 0 Å². The second-order valence-electron chi connectivity index (χ2n) is 3.15. The van der Waals surface area contributed by atoms with E-state index in [1.165, 1.54) is 0 Å². The Kier molecular flexibility index (Phi) is 3.43. The lowest BCUT2D eigenvalue weighted by Crippen LogP contribution is -2.04. The number of nitriles is 1. The van der Waals surface area contributed by atoms with Gasteiger partial charge in [-0.15, -0.1) is 0 Å². The number of aryl methyl sites for hydroxylation is 2. The van der Waals surface area contributed by atoms with Crippen molar-refractivity contribution in [2.24, 2.45) is 0 Å². The SMILES string of the molecule is Cc1cc(C)c(C(=O)CBr)cc1C#N. The van der Waals surface area contributed by atoms with Crippen molar-refractivity contribution in [1.29, 1.82) is 5.26 Å². The Morgan fingerprint density at radius 3 is 2.57 bits per heavy atom. The highest BCUT2D eigenvalue weighted by molar-refractivity contribution is 9.09. The van der Waals surface area contributed by atoms with Gasteiger partial charge in [-0.3, -0.25) is 4.79 Å². The van der Waals surface area contributed by atoms with Crippen LogP contribution in [0.5, 0.6) is 0 Å². The van der Waals surface area contributed by atoms with Crippen LogP contribution in [0.1, 0.15) is 27.0 Å². The number of Topliss-reactive ketones (excluding diaryl/α,β-unsaturated/α-hetero) is 1. The number of carbonyl (C=O) groups excluding carboxylic acids is 1. The number of nitrogens with zero attached hydrogens (tertiary/aromatic N) is 1. The van der Waals surface area contributed by atoms with Gasteiger partial charge in [0.05, 0.1) is 17.0 Å². The molecule has 0 N–H and O–H groups in total. The van der Waals surface area contributed by atoms with Gasteiger partial charge in [-0.1, -0.05) is 22.0 Å². The van der Waals surface area contributed by atoms with Gasteiger partial charge in [-0.25, -0.2) is 0 Å². The van der Waals surface area contributed by atoms with Crippen molar-refractivity contribution in [2.45, 2.75) is 13.8 Å². The average Bonchev–Trinajstić information content (AvgIpc) is 2.17. The fraction of sp³-hybridized carbons (Fsp3) is 0.273. The zero-order chi connectivity index (χ0) is 10.7. The Morgan fingerprint density at radius 1 is 1.43 bits per heavy atom.